The van der Waals surface area contributed by atoms with Gasteiger partial charge in [-0.15, -0.1) is 0 Å². The van der Waals surface area contributed by atoms with Gasteiger partial charge in [0, 0.05) is 50.1 Å². The van der Waals surface area contributed by atoms with Crippen LogP contribution in [0.1, 0.15) is 41.8 Å². The third-order valence-electron chi connectivity index (χ3n) is 10.8. The number of ketones is 4. The number of hydrogen-bond donors (Lipinski definition) is 3. The van der Waals surface area contributed by atoms with E-state index in [4.69, 9.17) is 10.5 Å². The number of nitrogens with zero attached hydrogens (tertiary/aromatic N) is 2. The van der Waals surface area contributed by atoms with Crippen molar-refractivity contribution in [2.24, 2.45) is 41.2 Å². The molecule has 3 fully saturated rings. The number of aliphatic hydroxyl groups is 1. The molecular formula is C35H41N3O8. The highest BCUT2D eigenvalue weighted by Gasteiger charge is 2.69. The first-order valence-corrected chi connectivity index (χ1v) is 15.9. The van der Waals surface area contributed by atoms with Crippen molar-refractivity contribution >= 4 is 29.0 Å². The Morgan fingerprint density at radius 1 is 1.07 bits per heavy atom. The number of ether oxygens (including phenoxy) is 1. The molecule has 1 aliphatic heterocycles. The monoisotopic (exact) mass is 631 g/mol. The minimum atomic E-state index is -2.71. The van der Waals surface area contributed by atoms with Crippen molar-refractivity contribution < 1.29 is 38.9 Å². The summed E-state index contributed by atoms with van der Waals surface area (Å²) in [4.78, 5) is 72.1. The number of phenols is 1. The third-order valence-corrected chi connectivity index (χ3v) is 10.8. The lowest BCUT2D eigenvalue weighted by Gasteiger charge is -2.52. The fourth-order valence-corrected chi connectivity index (χ4v) is 8.44. The molecule has 0 aromatic heterocycles. The van der Waals surface area contributed by atoms with Crippen LogP contribution in [0.3, 0.4) is 0 Å². The Bertz CT molecular complexity index is 1640. The highest BCUT2D eigenvalue weighted by molar-refractivity contribution is 6.32. The smallest absolute Gasteiger partial charge is 0.235 e. The van der Waals surface area contributed by atoms with Crippen LogP contribution in [-0.2, 0) is 32.1 Å². The second kappa shape index (κ2) is 11.7. The number of hydrogen-bond acceptors (Lipinski definition) is 10. The normalized spacial score (nSPS) is 30.2. The average Bonchev–Trinajstić information content (AvgIpc) is 3.00. The van der Waals surface area contributed by atoms with Crippen molar-refractivity contribution in [2.75, 3.05) is 40.3 Å². The van der Waals surface area contributed by atoms with Crippen LogP contribution in [0.25, 0.3) is 11.1 Å². The number of phenolic OH excluding ortho intramolecular Hbond substituents is 1. The fourth-order valence-electron chi connectivity index (χ4n) is 8.44. The van der Waals surface area contributed by atoms with Crippen molar-refractivity contribution in [1.82, 2.24) is 9.80 Å². The van der Waals surface area contributed by atoms with E-state index < -0.39 is 70.1 Å². The van der Waals surface area contributed by atoms with Crippen LogP contribution in [0, 0.1) is 35.5 Å². The summed E-state index contributed by atoms with van der Waals surface area (Å²) in [6, 6.07) is 9.00. The van der Waals surface area contributed by atoms with Crippen LogP contribution in [0.4, 0.5) is 0 Å². The first kappa shape index (κ1) is 32.0. The van der Waals surface area contributed by atoms with Gasteiger partial charge in [0.1, 0.15) is 11.5 Å². The van der Waals surface area contributed by atoms with Crippen molar-refractivity contribution in [1.29, 1.82) is 0 Å². The number of piperazine rings is 1. The molecular weight excluding hydrogens is 590 g/mol. The molecule has 6 atom stereocenters. The van der Waals surface area contributed by atoms with E-state index in [9.17, 15) is 34.2 Å². The maximum Gasteiger partial charge on any atom is 0.235 e. The molecule has 1 heterocycles. The van der Waals surface area contributed by atoms with Crippen molar-refractivity contribution in [3.05, 3.63) is 47.0 Å². The largest absolute Gasteiger partial charge is 0.507 e. The summed E-state index contributed by atoms with van der Waals surface area (Å²) in [5.41, 5.74) is 5.79. The summed E-state index contributed by atoms with van der Waals surface area (Å²) in [5, 5.41) is 22.8. The summed E-state index contributed by atoms with van der Waals surface area (Å²) < 4.78 is 5.68. The Labute approximate surface area is 267 Å². The SMILES string of the molecule is COc1ccc(-c2ccc(O)c3c2C[C@H]2C[C@H]4[C@H](C(C)C)C(=O)C(C(N)=O)C(=O)[C@@]4(O)C(=O)C2C3=O)cc1CN1CCN(C)CC1. The molecule has 0 spiro atoms. The van der Waals surface area contributed by atoms with Gasteiger partial charge in [-0.2, -0.15) is 0 Å². The number of aromatic hydroxyl groups is 1. The molecule has 0 bridgehead atoms. The molecule has 1 saturated heterocycles. The van der Waals surface area contributed by atoms with E-state index in [1.165, 1.54) is 6.07 Å². The van der Waals surface area contributed by atoms with E-state index >= 15 is 0 Å². The van der Waals surface area contributed by atoms with Crippen LogP contribution in [-0.4, -0.2) is 95.0 Å². The van der Waals surface area contributed by atoms with Crippen LogP contribution in [0.5, 0.6) is 11.5 Å². The number of Topliss-reactive ketones (excluding diaryl/α,β-unsaturated/α-hetero) is 4. The van der Waals surface area contributed by atoms with E-state index in [1.54, 1.807) is 27.0 Å². The Morgan fingerprint density at radius 3 is 2.39 bits per heavy atom. The molecule has 0 radical (unpaired) electrons. The number of nitrogens with two attached hydrogens (primary N) is 1. The van der Waals surface area contributed by atoms with Gasteiger partial charge in [0.25, 0.3) is 0 Å². The zero-order valence-electron chi connectivity index (χ0n) is 26.6. The zero-order valence-corrected chi connectivity index (χ0v) is 26.6. The average molecular weight is 632 g/mol. The van der Waals surface area contributed by atoms with Crippen LogP contribution < -0.4 is 10.5 Å². The second-order valence-electron chi connectivity index (χ2n) is 13.7. The number of likely N-dealkylation sites (N-methyl/N-ethyl adjacent to an activating group) is 1. The lowest BCUT2D eigenvalue weighted by Crippen LogP contribution is -2.71. The van der Waals surface area contributed by atoms with Crippen molar-refractivity contribution in [3.8, 4) is 22.6 Å². The topological polar surface area (TPSA) is 168 Å². The standard InChI is InChI=1S/C35H41N3O8/c1-17(2)26-23-15-19-14-22-21(18-5-8-25(46-4)20(13-18)16-38-11-9-37(3)10-12-38)6-7-24(39)28(22)31(41)27(19)32(42)35(23,45)33(43)29(30(26)40)34(36)44/h5-8,13,17,19,23,26-27,29,39,45H,9-12,14-16H2,1-4H3,(H2,36,44)/t19-,23-,26-,27?,29?,35-/m0/s1. The van der Waals surface area contributed by atoms with Gasteiger partial charge in [-0.3, -0.25) is 28.9 Å². The Hall–Kier alpha value is -3.93. The lowest BCUT2D eigenvalue weighted by molar-refractivity contribution is -0.182. The number of benzene rings is 2. The van der Waals surface area contributed by atoms with Crippen LogP contribution >= 0.6 is 0 Å². The van der Waals surface area contributed by atoms with E-state index in [0.717, 1.165) is 48.6 Å². The van der Waals surface area contributed by atoms with Crippen molar-refractivity contribution in [3.63, 3.8) is 0 Å². The number of fused-ring (bicyclic) bond motifs is 3. The second-order valence-corrected chi connectivity index (χ2v) is 13.7. The molecule has 6 rings (SSSR count). The number of primary amides is 1. The number of carbonyl (C=O) groups is 5. The number of methoxy groups -OCH3 is 1. The zero-order chi connectivity index (χ0) is 33.2. The highest BCUT2D eigenvalue weighted by atomic mass is 16.5. The quantitative estimate of drug-likeness (QED) is 0.399. The summed E-state index contributed by atoms with van der Waals surface area (Å²) in [6.07, 6.45) is 0.246. The molecule has 46 heavy (non-hydrogen) atoms. The third kappa shape index (κ3) is 4.87. The number of rotatable bonds is 6. The Morgan fingerprint density at radius 2 is 1.76 bits per heavy atom. The van der Waals surface area contributed by atoms with Crippen LogP contribution in [0.2, 0.25) is 0 Å². The molecule has 2 saturated carbocycles. The summed E-state index contributed by atoms with van der Waals surface area (Å²) in [7, 11) is 3.73. The molecule has 244 valence electrons. The van der Waals surface area contributed by atoms with E-state index in [2.05, 4.69) is 16.8 Å². The van der Waals surface area contributed by atoms with E-state index in [1.807, 2.05) is 18.2 Å². The molecule has 11 nitrogen and oxygen atoms in total. The summed E-state index contributed by atoms with van der Waals surface area (Å²) in [6.45, 7) is 7.90. The molecule has 11 heteroatoms. The minimum Gasteiger partial charge on any atom is -0.507 e. The maximum atomic E-state index is 14.1. The number of carbonyl (C=O) groups excluding carboxylic acids is 5. The van der Waals surface area contributed by atoms with Gasteiger partial charge < -0.3 is 25.6 Å². The Kier molecular flexibility index (Phi) is 8.15. The predicted octanol–water partition coefficient (Wildman–Crippen LogP) is 1.63. The van der Waals surface area contributed by atoms with Gasteiger partial charge in [0.05, 0.1) is 18.6 Å². The van der Waals surface area contributed by atoms with E-state index in [-0.39, 0.29) is 24.2 Å². The summed E-state index contributed by atoms with van der Waals surface area (Å²) in [5.74, 6) is -11.0. The van der Waals surface area contributed by atoms with E-state index in [0.29, 0.717) is 12.1 Å². The molecule has 1 amide bonds. The molecule has 4 aliphatic rings. The van der Waals surface area contributed by atoms with Gasteiger partial charge in [0.15, 0.2) is 34.7 Å². The molecule has 2 aromatic carbocycles. The molecule has 2 unspecified atom stereocenters. The Balaban J connectivity index is 1.41. The molecule has 3 aliphatic carbocycles. The minimum absolute atomic E-state index is 0.0169. The molecule has 2 aromatic rings. The van der Waals surface area contributed by atoms with Gasteiger partial charge in [-0.1, -0.05) is 26.0 Å². The lowest BCUT2D eigenvalue weighted by atomic mass is 9.49. The fraction of sp³-hybridized carbons (Fsp3) is 0.514. The first-order chi connectivity index (χ1) is 21.8. The first-order valence-electron chi connectivity index (χ1n) is 15.9. The number of amides is 1. The van der Waals surface area contributed by atoms with Crippen molar-refractivity contribution in [2.45, 2.75) is 38.8 Å². The van der Waals surface area contributed by atoms with Gasteiger partial charge in [-0.05, 0) is 66.6 Å². The van der Waals surface area contributed by atoms with Gasteiger partial charge in [-0.25, -0.2) is 0 Å². The van der Waals surface area contributed by atoms with Gasteiger partial charge >= 0.3 is 0 Å². The highest BCUT2D eigenvalue weighted by Crippen LogP contribution is 2.53. The predicted molar refractivity (Wildman–Crippen MR) is 167 cm³/mol. The maximum absolute atomic E-state index is 14.1. The molecule has 4 N–H and O–H groups in total. The van der Waals surface area contributed by atoms with Crippen LogP contribution in [0.15, 0.2) is 30.3 Å². The summed E-state index contributed by atoms with van der Waals surface area (Å²) >= 11 is 0. The van der Waals surface area contributed by atoms with Gasteiger partial charge in [0.2, 0.25) is 5.91 Å².